The van der Waals surface area contributed by atoms with Gasteiger partial charge in [0.05, 0.1) is 25.9 Å². The molecule has 2 saturated heterocycles. The minimum atomic E-state index is -0.395. The average molecular weight is 355 g/mol. The molecule has 3 heterocycles. The molecule has 0 bridgehead atoms. The van der Waals surface area contributed by atoms with E-state index >= 15 is 0 Å². The summed E-state index contributed by atoms with van der Waals surface area (Å²) in [5.41, 5.74) is 0.549. The third kappa shape index (κ3) is 3.49. The Kier molecular flexibility index (Phi) is 4.73. The Bertz CT molecular complexity index is 714. The van der Waals surface area contributed by atoms with Gasteiger partial charge in [-0.1, -0.05) is 30.0 Å². The Morgan fingerprint density at radius 2 is 1.92 bits per heavy atom. The highest BCUT2D eigenvalue weighted by molar-refractivity contribution is 5.39. The maximum atomic E-state index is 6.63. The van der Waals surface area contributed by atoms with Crippen molar-refractivity contribution in [2.24, 2.45) is 5.92 Å². The van der Waals surface area contributed by atoms with Gasteiger partial charge in [0.1, 0.15) is 17.0 Å². The molecule has 0 aromatic heterocycles. The second-order valence-electron chi connectivity index (χ2n) is 8.35. The van der Waals surface area contributed by atoms with Gasteiger partial charge in [-0.2, -0.15) is 0 Å². The maximum absolute atomic E-state index is 6.63. The highest BCUT2D eigenvalue weighted by Gasteiger charge is 2.49. The second kappa shape index (κ2) is 6.88. The Morgan fingerprint density at radius 3 is 2.73 bits per heavy atom. The number of morpholine rings is 1. The van der Waals surface area contributed by atoms with E-state index in [0.29, 0.717) is 5.92 Å². The van der Waals surface area contributed by atoms with Gasteiger partial charge in [0.25, 0.3) is 0 Å². The summed E-state index contributed by atoms with van der Waals surface area (Å²) in [5.74, 6) is 8.11. The summed E-state index contributed by atoms with van der Waals surface area (Å²) in [6.07, 6.45) is 2.06. The van der Waals surface area contributed by atoms with E-state index in [1.807, 2.05) is 12.1 Å². The predicted molar refractivity (Wildman–Crippen MR) is 101 cm³/mol. The first-order valence-electron chi connectivity index (χ1n) is 9.73. The molecule has 140 valence electrons. The first-order valence-corrected chi connectivity index (χ1v) is 9.73. The predicted octanol–water partition coefficient (Wildman–Crippen LogP) is 3.42. The smallest absolute Gasteiger partial charge is 0.126 e. The molecule has 0 unspecified atom stereocenters. The van der Waals surface area contributed by atoms with E-state index in [9.17, 15) is 0 Å². The molecule has 3 aliphatic rings. The van der Waals surface area contributed by atoms with Crippen LogP contribution in [0.2, 0.25) is 0 Å². The highest BCUT2D eigenvalue weighted by atomic mass is 16.5. The summed E-state index contributed by atoms with van der Waals surface area (Å²) in [5, 5.41) is 0. The van der Waals surface area contributed by atoms with Gasteiger partial charge < -0.3 is 14.2 Å². The normalized spacial score (nSPS) is 33.2. The van der Waals surface area contributed by atoms with Crippen LogP contribution in [0.1, 0.15) is 45.3 Å². The molecule has 1 aromatic carbocycles. The summed E-state index contributed by atoms with van der Waals surface area (Å²) in [7, 11) is 0. The van der Waals surface area contributed by atoms with Crippen molar-refractivity contribution < 1.29 is 14.2 Å². The van der Waals surface area contributed by atoms with Crippen LogP contribution in [0.3, 0.4) is 0 Å². The minimum absolute atomic E-state index is 0.0476. The number of para-hydroxylation sites is 1. The standard InChI is InChI=1S/C22H29NO3/c1-21(2)18-9-11-22(3,10-6-12-23-13-15-24-16-14-23)26-20(18)17-7-4-5-8-19(17)25-21/h4-5,7-8,18,20H,9,11-16H2,1-3H3/t18-,20+,22+/m0/s1. The topological polar surface area (TPSA) is 30.9 Å². The molecule has 3 atom stereocenters. The van der Waals surface area contributed by atoms with Crippen molar-refractivity contribution in [1.29, 1.82) is 0 Å². The highest BCUT2D eigenvalue weighted by Crippen LogP contribution is 2.52. The molecule has 1 aromatic rings. The van der Waals surface area contributed by atoms with E-state index in [1.165, 1.54) is 0 Å². The van der Waals surface area contributed by atoms with Gasteiger partial charge in [0.15, 0.2) is 0 Å². The van der Waals surface area contributed by atoms with Crippen LogP contribution < -0.4 is 4.74 Å². The lowest BCUT2D eigenvalue weighted by atomic mass is 9.73. The number of ether oxygens (including phenoxy) is 3. The number of rotatable bonds is 1. The fourth-order valence-electron chi connectivity index (χ4n) is 4.35. The van der Waals surface area contributed by atoms with Crippen molar-refractivity contribution in [2.45, 2.75) is 50.9 Å². The van der Waals surface area contributed by atoms with E-state index in [2.05, 4.69) is 49.6 Å². The molecule has 2 fully saturated rings. The molecule has 26 heavy (non-hydrogen) atoms. The molecule has 4 heteroatoms. The zero-order valence-corrected chi connectivity index (χ0v) is 16.1. The van der Waals surface area contributed by atoms with Crippen LogP contribution in [0, 0.1) is 17.8 Å². The van der Waals surface area contributed by atoms with E-state index < -0.39 is 5.60 Å². The summed E-state index contributed by atoms with van der Waals surface area (Å²) in [4.78, 5) is 2.35. The molecule has 3 aliphatic heterocycles. The zero-order chi connectivity index (χ0) is 18.2. The third-order valence-electron chi connectivity index (χ3n) is 5.94. The van der Waals surface area contributed by atoms with Gasteiger partial charge in [-0.05, 0) is 39.7 Å². The Morgan fingerprint density at radius 1 is 1.15 bits per heavy atom. The van der Waals surface area contributed by atoms with Gasteiger partial charge in [-0.25, -0.2) is 0 Å². The number of benzene rings is 1. The van der Waals surface area contributed by atoms with E-state index in [4.69, 9.17) is 14.2 Å². The first-order chi connectivity index (χ1) is 12.5. The zero-order valence-electron chi connectivity index (χ0n) is 16.1. The summed E-state index contributed by atoms with van der Waals surface area (Å²) >= 11 is 0. The lowest BCUT2D eigenvalue weighted by Gasteiger charge is -2.50. The maximum Gasteiger partial charge on any atom is 0.126 e. The molecule has 0 radical (unpaired) electrons. The van der Waals surface area contributed by atoms with Crippen LogP contribution in [0.5, 0.6) is 5.75 Å². The van der Waals surface area contributed by atoms with Gasteiger partial charge >= 0.3 is 0 Å². The van der Waals surface area contributed by atoms with Crippen LogP contribution in [-0.2, 0) is 9.47 Å². The lowest BCUT2D eigenvalue weighted by molar-refractivity contribution is -0.169. The number of fused-ring (bicyclic) bond motifs is 3. The quantitative estimate of drug-likeness (QED) is 0.723. The average Bonchev–Trinajstić information content (AvgIpc) is 2.62. The van der Waals surface area contributed by atoms with Crippen LogP contribution in [0.15, 0.2) is 24.3 Å². The van der Waals surface area contributed by atoms with Crippen molar-refractivity contribution in [3.8, 4) is 17.6 Å². The number of hydrogen-bond donors (Lipinski definition) is 0. The molecular weight excluding hydrogens is 326 g/mol. The summed E-state index contributed by atoms with van der Waals surface area (Å²) in [6.45, 7) is 10.8. The van der Waals surface area contributed by atoms with Crippen molar-refractivity contribution >= 4 is 0 Å². The van der Waals surface area contributed by atoms with E-state index in [-0.39, 0.29) is 11.7 Å². The Labute approximate surface area is 156 Å². The molecule has 0 amide bonds. The van der Waals surface area contributed by atoms with Crippen molar-refractivity contribution in [1.82, 2.24) is 4.90 Å². The van der Waals surface area contributed by atoms with Gasteiger partial charge in [-0.3, -0.25) is 4.90 Å². The van der Waals surface area contributed by atoms with Gasteiger partial charge in [0, 0.05) is 24.6 Å². The molecule has 0 spiro atoms. The Balaban J connectivity index is 1.52. The van der Waals surface area contributed by atoms with Crippen LogP contribution >= 0.6 is 0 Å². The molecule has 4 rings (SSSR count). The summed E-state index contributed by atoms with van der Waals surface area (Å²) in [6, 6.07) is 8.28. The van der Waals surface area contributed by atoms with Crippen LogP contribution in [0.4, 0.5) is 0 Å². The van der Waals surface area contributed by atoms with Gasteiger partial charge in [-0.15, -0.1) is 0 Å². The summed E-state index contributed by atoms with van der Waals surface area (Å²) < 4.78 is 18.3. The van der Waals surface area contributed by atoms with Crippen molar-refractivity contribution in [2.75, 3.05) is 32.8 Å². The molecule has 0 N–H and O–H groups in total. The number of nitrogens with zero attached hydrogens (tertiary/aromatic N) is 1. The minimum Gasteiger partial charge on any atom is -0.487 e. The fourth-order valence-corrected chi connectivity index (χ4v) is 4.35. The largest absolute Gasteiger partial charge is 0.487 e. The molecule has 4 nitrogen and oxygen atoms in total. The molecule has 0 saturated carbocycles. The number of hydrogen-bond acceptors (Lipinski definition) is 4. The molecule has 0 aliphatic carbocycles. The fraction of sp³-hybridized carbons (Fsp3) is 0.636. The van der Waals surface area contributed by atoms with Crippen molar-refractivity contribution in [3.63, 3.8) is 0 Å². The van der Waals surface area contributed by atoms with E-state index in [1.54, 1.807) is 0 Å². The van der Waals surface area contributed by atoms with E-state index in [0.717, 1.165) is 57.0 Å². The monoisotopic (exact) mass is 355 g/mol. The van der Waals surface area contributed by atoms with Gasteiger partial charge in [0.2, 0.25) is 0 Å². The van der Waals surface area contributed by atoms with Crippen molar-refractivity contribution in [3.05, 3.63) is 29.8 Å². The lowest BCUT2D eigenvalue weighted by Crippen LogP contribution is -2.50. The second-order valence-corrected chi connectivity index (χ2v) is 8.35. The third-order valence-corrected chi connectivity index (χ3v) is 5.94. The molecular formula is C22H29NO3. The van der Waals surface area contributed by atoms with Crippen LogP contribution in [0.25, 0.3) is 0 Å². The Hall–Kier alpha value is -1.54. The first kappa shape index (κ1) is 17.9. The SMILES string of the molecule is CC1(C)Oc2ccccc2[C@H]2O[C@](C)(C#CCN3CCOCC3)CC[C@@H]21. The van der Waals surface area contributed by atoms with Crippen LogP contribution in [-0.4, -0.2) is 49.0 Å².